The van der Waals surface area contributed by atoms with Gasteiger partial charge in [0.1, 0.15) is 0 Å². The third kappa shape index (κ3) is 4.80. The van der Waals surface area contributed by atoms with Gasteiger partial charge in [0.15, 0.2) is 0 Å². The number of piperidine rings is 1. The number of benzene rings is 1. The van der Waals surface area contributed by atoms with Gasteiger partial charge in [-0.2, -0.15) is 5.26 Å². The molecule has 1 aromatic carbocycles. The Morgan fingerprint density at radius 3 is 2.24 bits per heavy atom. The van der Waals surface area contributed by atoms with Gasteiger partial charge in [-0.15, -0.1) is 0 Å². The lowest BCUT2D eigenvalue weighted by Crippen LogP contribution is -2.40. The Morgan fingerprint density at radius 1 is 0.960 bits per heavy atom. The zero-order valence-corrected chi connectivity index (χ0v) is 14.8. The Labute approximate surface area is 150 Å². The van der Waals surface area contributed by atoms with Crippen LogP contribution < -0.4 is 0 Å². The molecule has 2 aliphatic rings. The van der Waals surface area contributed by atoms with Crippen LogP contribution in [0.2, 0.25) is 0 Å². The predicted molar refractivity (Wildman–Crippen MR) is 96.7 cm³/mol. The summed E-state index contributed by atoms with van der Waals surface area (Å²) in [5.41, 5.74) is 1.92. The molecule has 0 radical (unpaired) electrons. The zero-order chi connectivity index (χ0) is 17.6. The van der Waals surface area contributed by atoms with Crippen LogP contribution in [0.1, 0.15) is 24.0 Å². The molecule has 0 saturated carbocycles. The standard InChI is InChI=1S/C20H29N3O2/c21-9-16-1-3-17(4-2-16)10-23-12-19(20(13-23)15-25)11-22-7-5-18(14-24)6-8-22/h1-4,18-20,24-25H,5-8,10-15H2/t19-,20-/m0/s1. The number of rotatable bonds is 6. The van der Waals surface area contributed by atoms with Crippen LogP contribution in [0.25, 0.3) is 0 Å². The maximum Gasteiger partial charge on any atom is 0.0991 e. The van der Waals surface area contributed by atoms with Crippen molar-refractivity contribution >= 4 is 0 Å². The van der Waals surface area contributed by atoms with Gasteiger partial charge in [0.25, 0.3) is 0 Å². The average Bonchev–Trinajstić information content (AvgIpc) is 3.04. The van der Waals surface area contributed by atoms with Crippen molar-refractivity contribution in [1.82, 2.24) is 9.80 Å². The van der Waals surface area contributed by atoms with Crippen molar-refractivity contribution in [3.05, 3.63) is 35.4 Å². The van der Waals surface area contributed by atoms with Crippen molar-refractivity contribution in [3.63, 3.8) is 0 Å². The molecule has 0 unspecified atom stereocenters. The van der Waals surface area contributed by atoms with Gasteiger partial charge in [-0.3, -0.25) is 4.90 Å². The first kappa shape index (κ1) is 18.3. The molecule has 136 valence electrons. The minimum atomic E-state index is 0.252. The normalized spacial score (nSPS) is 26.0. The van der Waals surface area contributed by atoms with Gasteiger partial charge in [-0.05, 0) is 61.4 Å². The van der Waals surface area contributed by atoms with Crippen molar-refractivity contribution in [2.45, 2.75) is 19.4 Å². The Morgan fingerprint density at radius 2 is 1.64 bits per heavy atom. The number of nitriles is 1. The second-order valence-electron chi connectivity index (χ2n) is 7.63. The van der Waals surface area contributed by atoms with Crippen LogP contribution in [0.15, 0.2) is 24.3 Å². The third-order valence-electron chi connectivity index (χ3n) is 5.83. The van der Waals surface area contributed by atoms with Crippen LogP contribution in [0, 0.1) is 29.1 Å². The first-order valence-electron chi connectivity index (χ1n) is 9.37. The van der Waals surface area contributed by atoms with Crippen LogP contribution in [-0.2, 0) is 6.54 Å². The molecule has 2 saturated heterocycles. The Kier molecular flexibility index (Phi) is 6.44. The van der Waals surface area contributed by atoms with Crippen molar-refractivity contribution < 1.29 is 10.2 Å². The molecule has 3 rings (SSSR count). The van der Waals surface area contributed by atoms with Gasteiger partial charge in [-0.1, -0.05) is 12.1 Å². The second kappa shape index (κ2) is 8.77. The van der Waals surface area contributed by atoms with Crippen molar-refractivity contribution in [2.75, 3.05) is 45.9 Å². The summed E-state index contributed by atoms with van der Waals surface area (Å²) in [7, 11) is 0. The monoisotopic (exact) mass is 343 g/mol. The highest BCUT2D eigenvalue weighted by Gasteiger charge is 2.34. The lowest BCUT2D eigenvalue weighted by molar-refractivity contribution is 0.106. The summed E-state index contributed by atoms with van der Waals surface area (Å²) in [5, 5.41) is 28.0. The number of aliphatic hydroxyl groups is 2. The number of hydrogen-bond acceptors (Lipinski definition) is 5. The van der Waals surface area contributed by atoms with Gasteiger partial charge in [0.2, 0.25) is 0 Å². The van der Waals surface area contributed by atoms with E-state index in [0.29, 0.717) is 29.9 Å². The van der Waals surface area contributed by atoms with E-state index in [0.717, 1.165) is 52.1 Å². The van der Waals surface area contributed by atoms with Crippen molar-refractivity contribution in [1.29, 1.82) is 5.26 Å². The largest absolute Gasteiger partial charge is 0.396 e. The molecule has 2 N–H and O–H groups in total. The molecule has 2 atom stereocenters. The van der Waals surface area contributed by atoms with E-state index in [1.54, 1.807) is 0 Å². The molecule has 5 nitrogen and oxygen atoms in total. The predicted octanol–water partition coefficient (Wildman–Crippen LogP) is 1.30. The quantitative estimate of drug-likeness (QED) is 0.815. The summed E-state index contributed by atoms with van der Waals surface area (Å²) in [6, 6.07) is 9.96. The molecule has 0 aliphatic carbocycles. The highest BCUT2D eigenvalue weighted by molar-refractivity contribution is 5.31. The Bertz CT molecular complexity index is 576. The molecule has 5 heteroatoms. The number of aliphatic hydroxyl groups excluding tert-OH is 2. The van der Waals surface area contributed by atoms with Crippen LogP contribution in [-0.4, -0.2) is 66.0 Å². The van der Waals surface area contributed by atoms with E-state index in [1.165, 1.54) is 5.56 Å². The van der Waals surface area contributed by atoms with E-state index in [-0.39, 0.29) is 6.61 Å². The molecular formula is C20H29N3O2. The maximum atomic E-state index is 9.78. The van der Waals surface area contributed by atoms with Crippen LogP contribution in [0.5, 0.6) is 0 Å². The smallest absolute Gasteiger partial charge is 0.0991 e. The third-order valence-corrected chi connectivity index (χ3v) is 5.83. The fraction of sp³-hybridized carbons (Fsp3) is 0.650. The fourth-order valence-electron chi connectivity index (χ4n) is 4.20. The highest BCUT2D eigenvalue weighted by atomic mass is 16.3. The van der Waals surface area contributed by atoms with Gasteiger partial charge < -0.3 is 15.1 Å². The maximum absolute atomic E-state index is 9.78. The molecule has 2 aliphatic heterocycles. The van der Waals surface area contributed by atoms with E-state index >= 15 is 0 Å². The number of nitrogens with zero attached hydrogens (tertiary/aromatic N) is 3. The van der Waals surface area contributed by atoms with Crippen LogP contribution >= 0.6 is 0 Å². The summed E-state index contributed by atoms with van der Waals surface area (Å²) in [6.07, 6.45) is 2.17. The molecule has 0 amide bonds. The first-order chi connectivity index (χ1) is 12.2. The molecule has 0 bridgehead atoms. The van der Waals surface area contributed by atoms with Crippen molar-refractivity contribution in [3.8, 4) is 6.07 Å². The van der Waals surface area contributed by atoms with E-state index in [1.807, 2.05) is 24.3 Å². The minimum Gasteiger partial charge on any atom is -0.396 e. The van der Waals surface area contributed by atoms with Gasteiger partial charge >= 0.3 is 0 Å². The lowest BCUT2D eigenvalue weighted by atomic mass is 9.93. The summed E-state index contributed by atoms with van der Waals surface area (Å²) in [6.45, 7) is 6.58. The topological polar surface area (TPSA) is 70.7 Å². The van der Waals surface area contributed by atoms with E-state index in [2.05, 4.69) is 15.9 Å². The molecule has 25 heavy (non-hydrogen) atoms. The van der Waals surface area contributed by atoms with Crippen molar-refractivity contribution in [2.24, 2.45) is 17.8 Å². The Balaban J connectivity index is 1.52. The van der Waals surface area contributed by atoms with Crippen LogP contribution in [0.4, 0.5) is 0 Å². The van der Waals surface area contributed by atoms with Crippen LogP contribution in [0.3, 0.4) is 0 Å². The van der Waals surface area contributed by atoms with Gasteiger partial charge in [0, 0.05) is 39.4 Å². The second-order valence-corrected chi connectivity index (χ2v) is 7.63. The molecule has 1 aromatic rings. The lowest BCUT2D eigenvalue weighted by Gasteiger charge is -2.33. The molecular weight excluding hydrogens is 314 g/mol. The minimum absolute atomic E-state index is 0.252. The summed E-state index contributed by atoms with van der Waals surface area (Å²) in [5.74, 6) is 1.32. The Hall–Kier alpha value is -1.45. The average molecular weight is 343 g/mol. The van der Waals surface area contributed by atoms with E-state index in [9.17, 15) is 10.2 Å². The molecule has 2 fully saturated rings. The fourth-order valence-corrected chi connectivity index (χ4v) is 4.20. The molecule has 2 heterocycles. The number of hydrogen-bond donors (Lipinski definition) is 2. The summed E-state index contributed by atoms with van der Waals surface area (Å²) in [4.78, 5) is 4.93. The van der Waals surface area contributed by atoms with E-state index in [4.69, 9.17) is 5.26 Å². The molecule has 0 spiro atoms. The SMILES string of the molecule is N#Cc1ccc(CN2C[C@@H](CO)[C@@H](CN3CCC(CO)CC3)C2)cc1. The summed E-state index contributed by atoms with van der Waals surface area (Å²) < 4.78 is 0. The van der Waals surface area contributed by atoms with E-state index < -0.39 is 0 Å². The highest BCUT2D eigenvalue weighted by Crippen LogP contribution is 2.27. The first-order valence-corrected chi connectivity index (χ1v) is 9.37. The molecule has 0 aromatic heterocycles. The summed E-state index contributed by atoms with van der Waals surface area (Å²) >= 11 is 0. The zero-order valence-electron chi connectivity index (χ0n) is 14.8. The van der Waals surface area contributed by atoms with Gasteiger partial charge in [-0.25, -0.2) is 0 Å². The number of likely N-dealkylation sites (tertiary alicyclic amines) is 2. The van der Waals surface area contributed by atoms with Gasteiger partial charge in [0.05, 0.1) is 11.6 Å².